The van der Waals surface area contributed by atoms with Crippen LogP contribution in [0.3, 0.4) is 0 Å². The number of nitrogens with two attached hydrogens (primary N) is 1. The van der Waals surface area contributed by atoms with Gasteiger partial charge in [0, 0.05) is 11.5 Å². The maximum Gasteiger partial charge on any atom is 0.180 e. The molecule has 110 valence electrons. The van der Waals surface area contributed by atoms with Gasteiger partial charge in [-0.2, -0.15) is 0 Å². The fraction of sp³-hybridized carbons (Fsp3) is 0.667. The summed E-state index contributed by atoms with van der Waals surface area (Å²) in [6.07, 6.45) is 4.75. The molecule has 4 nitrogen and oxygen atoms in total. The molecule has 0 bridgehead atoms. The van der Waals surface area contributed by atoms with Crippen molar-refractivity contribution in [3.8, 4) is 0 Å². The van der Waals surface area contributed by atoms with E-state index in [1.54, 1.807) is 11.3 Å². The number of rotatable bonds is 5. The molecule has 5 heteroatoms. The summed E-state index contributed by atoms with van der Waals surface area (Å²) in [6, 6.07) is 0. The molecule has 2 aromatic heterocycles. The molecule has 3 heterocycles. The first-order chi connectivity index (χ1) is 9.79. The summed E-state index contributed by atoms with van der Waals surface area (Å²) in [5.41, 5.74) is 8.95. The molecule has 1 fully saturated rings. The van der Waals surface area contributed by atoms with E-state index in [9.17, 15) is 0 Å². The first kappa shape index (κ1) is 14.0. The Labute approximate surface area is 123 Å². The Kier molecular flexibility index (Phi) is 4.38. The number of unbranched alkanes of at least 4 members (excludes halogenated alkanes) is 1. The number of fused-ring (bicyclic) bond motifs is 1. The molecule has 0 atom stereocenters. The maximum atomic E-state index is 5.55. The predicted octanol–water partition coefficient (Wildman–Crippen LogP) is 3.12. The maximum absolute atomic E-state index is 5.55. The summed E-state index contributed by atoms with van der Waals surface area (Å²) in [6.45, 7) is 6.44. The van der Waals surface area contributed by atoms with Gasteiger partial charge in [0.2, 0.25) is 0 Å². The van der Waals surface area contributed by atoms with E-state index >= 15 is 0 Å². The molecule has 0 aromatic carbocycles. The minimum Gasteiger partial charge on any atom is -0.355 e. The molecule has 0 amide bonds. The molecule has 3 rings (SSSR count). The Morgan fingerprint density at radius 3 is 2.95 bits per heavy atom. The number of hydrogen-bond acceptors (Lipinski definition) is 5. The molecule has 1 saturated heterocycles. The Morgan fingerprint density at radius 1 is 1.40 bits per heavy atom. The number of hydrogen-bond donors (Lipinski definition) is 1. The van der Waals surface area contributed by atoms with Crippen molar-refractivity contribution in [2.24, 2.45) is 5.73 Å². The van der Waals surface area contributed by atoms with Crippen LogP contribution in [0, 0.1) is 6.92 Å². The van der Waals surface area contributed by atoms with Crippen molar-refractivity contribution in [3.05, 3.63) is 16.6 Å². The van der Waals surface area contributed by atoms with Gasteiger partial charge >= 0.3 is 0 Å². The monoisotopic (exact) mass is 293 g/mol. The normalized spacial score (nSPS) is 18.1. The molecule has 20 heavy (non-hydrogen) atoms. The van der Waals surface area contributed by atoms with Crippen LogP contribution in [-0.4, -0.2) is 36.2 Å². The number of aryl methyl sites for hydroxylation is 1. The van der Waals surface area contributed by atoms with Gasteiger partial charge in [-0.3, -0.25) is 0 Å². The average Bonchev–Trinajstić information content (AvgIpc) is 3.04. The predicted molar refractivity (Wildman–Crippen MR) is 83.3 cm³/mol. The second kappa shape index (κ2) is 6.24. The third-order valence-electron chi connectivity index (χ3n) is 4.29. The summed E-state index contributed by atoms with van der Waals surface area (Å²) in [5, 5.41) is 6.51. The van der Waals surface area contributed by atoms with Gasteiger partial charge in [0.1, 0.15) is 5.69 Å². The van der Waals surface area contributed by atoms with Gasteiger partial charge in [-0.15, -0.1) is 11.3 Å². The molecule has 1 aliphatic heterocycles. The second-order valence-electron chi connectivity index (χ2n) is 5.76. The second-order valence-corrected chi connectivity index (χ2v) is 6.64. The number of aromatic nitrogens is 1. The fourth-order valence-electron chi connectivity index (χ4n) is 3.03. The highest BCUT2D eigenvalue weighted by molar-refractivity contribution is 7.17. The Bertz CT molecular complexity index is 554. The van der Waals surface area contributed by atoms with Gasteiger partial charge in [-0.05, 0) is 64.2 Å². The number of piperidine rings is 1. The highest BCUT2D eigenvalue weighted by Gasteiger charge is 2.25. The van der Waals surface area contributed by atoms with Gasteiger partial charge in [0.15, 0.2) is 5.58 Å². The number of thiophene rings is 1. The molecule has 1 aliphatic rings. The third-order valence-corrected chi connectivity index (χ3v) is 5.39. The van der Waals surface area contributed by atoms with Gasteiger partial charge in [0.05, 0.1) is 4.70 Å². The first-order valence-electron chi connectivity index (χ1n) is 7.55. The van der Waals surface area contributed by atoms with Crippen LogP contribution in [0.15, 0.2) is 9.90 Å². The third kappa shape index (κ3) is 2.75. The summed E-state index contributed by atoms with van der Waals surface area (Å²) in [5.74, 6) is 0.569. The van der Waals surface area contributed by atoms with Crippen molar-refractivity contribution in [1.82, 2.24) is 10.1 Å². The van der Waals surface area contributed by atoms with Crippen molar-refractivity contribution in [3.63, 3.8) is 0 Å². The lowest BCUT2D eigenvalue weighted by Gasteiger charge is -2.30. The Balaban J connectivity index is 1.60. The molecule has 2 N–H and O–H groups in total. The standard InChI is InChI=1S/C15H23N3OS/c1-11-10-20-15-13(17-19-14(11)15)12-4-8-18(9-5-12)7-3-2-6-16/h10,12H,2-9,16H2,1H3. The van der Waals surface area contributed by atoms with Crippen LogP contribution < -0.4 is 5.73 Å². The summed E-state index contributed by atoms with van der Waals surface area (Å²) in [7, 11) is 0. The first-order valence-corrected chi connectivity index (χ1v) is 8.43. The minimum absolute atomic E-state index is 0.569. The van der Waals surface area contributed by atoms with Gasteiger partial charge < -0.3 is 15.2 Å². The van der Waals surface area contributed by atoms with Crippen molar-refractivity contribution in [2.45, 2.75) is 38.5 Å². The molecule has 0 radical (unpaired) electrons. The molecule has 0 aliphatic carbocycles. The minimum atomic E-state index is 0.569. The average molecular weight is 293 g/mol. The molecule has 0 saturated carbocycles. The van der Waals surface area contributed by atoms with Crippen molar-refractivity contribution >= 4 is 21.6 Å². The van der Waals surface area contributed by atoms with E-state index in [-0.39, 0.29) is 0 Å². The van der Waals surface area contributed by atoms with E-state index in [2.05, 4.69) is 22.4 Å². The van der Waals surface area contributed by atoms with Gasteiger partial charge in [-0.25, -0.2) is 0 Å². The van der Waals surface area contributed by atoms with Crippen LogP contribution >= 0.6 is 11.3 Å². The van der Waals surface area contributed by atoms with Crippen molar-refractivity contribution in [1.29, 1.82) is 0 Å². The van der Waals surface area contributed by atoms with E-state index in [1.807, 2.05) is 0 Å². The molecule has 2 aromatic rings. The molecule has 0 unspecified atom stereocenters. The van der Waals surface area contributed by atoms with Gasteiger partial charge in [-0.1, -0.05) is 5.16 Å². The Hall–Kier alpha value is -0.910. The zero-order valence-electron chi connectivity index (χ0n) is 12.1. The zero-order valence-corrected chi connectivity index (χ0v) is 12.9. The lowest BCUT2D eigenvalue weighted by atomic mass is 9.93. The smallest absolute Gasteiger partial charge is 0.180 e. The van der Waals surface area contributed by atoms with Crippen LogP contribution in [0.1, 0.15) is 42.9 Å². The van der Waals surface area contributed by atoms with Crippen LogP contribution in [-0.2, 0) is 0 Å². The largest absolute Gasteiger partial charge is 0.355 e. The van der Waals surface area contributed by atoms with Crippen molar-refractivity contribution in [2.75, 3.05) is 26.2 Å². The highest BCUT2D eigenvalue weighted by atomic mass is 32.1. The zero-order chi connectivity index (χ0) is 13.9. The summed E-state index contributed by atoms with van der Waals surface area (Å²) >= 11 is 1.77. The summed E-state index contributed by atoms with van der Waals surface area (Å²) in [4.78, 5) is 2.56. The lowest BCUT2D eigenvalue weighted by Crippen LogP contribution is -2.34. The highest BCUT2D eigenvalue weighted by Crippen LogP contribution is 2.36. The quantitative estimate of drug-likeness (QED) is 0.861. The fourth-order valence-corrected chi connectivity index (χ4v) is 4.06. The molecular weight excluding hydrogens is 270 g/mol. The summed E-state index contributed by atoms with van der Waals surface area (Å²) < 4.78 is 6.78. The van der Waals surface area contributed by atoms with Crippen molar-refractivity contribution < 1.29 is 4.52 Å². The van der Waals surface area contributed by atoms with Crippen LogP contribution in [0.5, 0.6) is 0 Å². The Morgan fingerprint density at radius 2 is 2.20 bits per heavy atom. The number of likely N-dealkylation sites (tertiary alicyclic amines) is 1. The number of nitrogens with zero attached hydrogens (tertiary/aromatic N) is 2. The van der Waals surface area contributed by atoms with Crippen LogP contribution in [0.2, 0.25) is 0 Å². The molecular formula is C15H23N3OS. The van der Waals surface area contributed by atoms with Gasteiger partial charge in [0.25, 0.3) is 0 Å². The topological polar surface area (TPSA) is 55.3 Å². The SMILES string of the molecule is Cc1csc2c(C3CCN(CCCCN)CC3)noc12. The van der Waals surface area contributed by atoms with E-state index in [0.717, 1.165) is 18.5 Å². The lowest BCUT2D eigenvalue weighted by molar-refractivity contribution is 0.206. The van der Waals surface area contributed by atoms with E-state index in [1.165, 1.54) is 54.9 Å². The van der Waals surface area contributed by atoms with E-state index < -0.39 is 0 Å². The molecule has 0 spiro atoms. The van der Waals surface area contributed by atoms with E-state index in [4.69, 9.17) is 10.3 Å². The van der Waals surface area contributed by atoms with Crippen LogP contribution in [0.25, 0.3) is 10.3 Å². The van der Waals surface area contributed by atoms with E-state index in [0.29, 0.717) is 5.92 Å². The van der Waals surface area contributed by atoms with Crippen LogP contribution in [0.4, 0.5) is 0 Å².